The van der Waals surface area contributed by atoms with E-state index in [1.807, 2.05) is 6.07 Å². The quantitative estimate of drug-likeness (QED) is 0.711. The lowest BCUT2D eigenvalue weighted by Gasteiger charge is -2.09. The van der Waals surface area contributed by atoms with Gasteiger partial charge in [-0.25, -0.2) is 0 Å². The van der Waals surface area contributed by atoms with Crippen LogP contribution in [0.1, 0.15) is 23.7 Å². The molecule has 0 saturated heterocycles. The molecule has 0 saturated carbocycles. The summed E-state index contributed by atoms with van der Waals surface area (Å²) < 4.78 is 0. The number of aromatic hydroxyl groups is 2. The Labute approximate surface area is 92.9 Å². The van der Waals surface area contributed by atoms with Gasteiger partial charge in [0.25, 0.3) is 5.91 Å². The van der Waals surface area contributed by atoms with Crippen LogP contribution in [0.5, 0.6) is 11.5 Å². The molecule has 0 heterocycles. The predicted molar refractivity (Wildman–Crippen MR) is 56.9 cm³/mol. The van der Waals surface area contributed by atoms with Crippen molar-refractivity contribution in [1.29, 1.82) is 5.26 Å². The zero-order chi connectivity index (χ0) is 12.1. The Balaban J connectivity index is 2.85. The molecule has 1 rings (SSSR count). The van der Waals surface area contributed by atoms with Crippen LogP contribution in [0.25, 0.3) is 0 Å². The summed E-state index contributed by atoms with van der Waals surface area (Å²) in [5.41, 5.74) is 0.117. The van der Waals surface area contributed by atoms with Gasteiger partial charge in [0.05, 0.1) is 6.07 Å². The number of phenols is 2. The average Bonchev–Trinajstić information content (AvgIpc) is 2.24. The van der Waals surface area contributed by atoms with Gasteiger partial charge in [-0.05, 0) is 18.6 Å². The van der Waals surface area contributed by atoms with Crippen LogP contribution in [-0.4, -0.2) is 22.2 Å². The first kappa shape index (κ1) is 11.9. The molecule has 16 heavy (non-hydrogen) atoms. The maximum Gasteiger partial charge on any atom is 0.252 e. The first-order valence-electron chi connectivity index (χ1n) is 4.80. The molecular weight excluding hydrogens is 208 g/mol. The Morgan fingerprint density at radius 3 is 2.44 bits per heavy atom. The van der Waals surface area contributed by atoms with Crippen molar-refractivity contribution in [3.63, 3.8) is 0 Å². The molecule has 0 bridgehead atoms. The van der Waals surface area contributed by atoms with Crippen LogP contribution in [0.3, 0.4) is 0 Å². The first-order chi connectivity index (χ1) is 7.56. The highest BCUT2D eigenvalue weighted by atomic mass is 16.3. The maximum absolute atomic E-state index is 11.6. The predicted octanol–water partition coefficient (Wildman–Crippen LogP) is 1.13. The zero-order valence-electron chi connectivity index (χ0n) is 8.77. The highest BCUT2D eigenvalue weighted by Gasteiger charge is 2.12. The fourth-order valence-corrected chi connectivity index (χ4v) is 1.19. The van der Waals surface area contributed by atoms with Crippen molar-refractivity contribution in [2.75, 3.05) is 0 Å². The van der Waals surface area contributed by atoms with Gasteiger partial charge in [0.1, 0.15) is 17.5 Å². The molecule has 0 aromatic heterocycles. The molecule has 3 N–H and O–H groups in total. The largest absolute Gasteiger partial charge is 0.508 e. The van der Waals surface area contributed by atoms with Crippen molar-refractivity contribution in [2.45, 2.75) is 19.4 Å². The minimum atomic E-state index is -0.572. The van der Waals surface area contributed by atoms with E-state index in [0.717, 1.165) is 6.07 Å². The number of benzene rings is 1. The fourth-order valence-electron chi connectivity index (χ4n) is 1.19. The van der Waals surface area contributed by atoms with E-state index in [-0.39, 0.29) is 17.1 Å². The Kier molecular flexibility index (Phi) is 3.72. The SMILES string of the molecule is CCC(C#N)NC(=O)c1cc(O)cc(O)c1. The molecule has 1 atom stereocenters. The second-order valence-electron chi connectivity index (χ2n) is 3.30. The summed E-state index contributed by atoms with van der Waals surface area (Å²) in [6, 6.07) is 4.92. The van der Waals surface area contributed by atoms with Gasteiger partial charge in [0, 0.05) is 11.6 Å². The van der Waals surface area contributed by atoms with Gasteiger partial charge < -0.3 is 15.5 Å². The molecule has 5 heteroatoms. The lowest BCUT2D eigenvalue weighted by Crippen LogP contribution is -2.33. The second kappa shape index (κ2) is 5.03. The third kappa shape index (κ3) is 2.89. The van der Waals surface area contributed by atoms with Crippen molar-refractivity contribution in [2.24, 2.45) is 0 Å². The zero-order valence-corrected chi connectivity index (χ0v) is 8.77. The Bertz CT molecular complexity index is 417. The van der Waals surface area contributed by atoms with Crippen molar-refractivity contribution in [3.8, 4) is 17.6 Å². The Morgan fingerprint density at radius 1 is 1.44 bits per heavy atom. The molecule has 0 spiro atoms. The van der Waals surface area contributed by atoms with Crippen molar-refractivity contribution in [1.82, 2.24) is 5.32 Å². The molecule has 0 aliphatic heterocycles. The topological polar surface area (TPSA) is 93.4 Å². The number of phenolic OH excluding ortho intramolecular Hbond substituents is 2. The molecule has 0 aliphatic rings. The number of rotatable bonds is 3. The summed E-state index contributed by atoms with van der Waals surface area (Å²) in [6.45, 7) is 1.77. The van der Waals surface area contributed by atoms with E-state index in [1.165, 1.54) is 12.1 Å². The van der Waals surface area contributed by atoms with E-state index in [0.29, 0.717) is 6.42 Å². The number of hydrogen-bond donors (Lipinski definition) is 3. The number of carbonyl (C=O) groups is 1. The summed E-state index contributed by atoms with van der Waals surface area (Å²) in [5.74, 6) is -0.898. The molecule has 1 aromatic carbocycles. The first-order valence-corrected chi connectivity index (χ1v) is 4.80. The highest BCUT2D eigenvalue weighted by molar-refractivity contribution is 5.95. The van der Waals surface area contributed by atoms with Crippen LogP contribution in [0.2, 0.25) is 0 Å². The summed E-state index contributed by atoms with van der Waals surface area (Å²) in [7, 11) is 0. The lowest BCUT2D eigenvalue weighted by molar-refractivity contribution is 0.0944. The van der Waals surface area contributed by atoms with E-state index in [2.05, 4.69) is 5.32 Å². The van der Waals surface area contributed by atoms with Crippen LogP contribution in [0.15, 0.2) is 18.2 Å². The van der Waals surface area contributed by atoms with Crippen molar-refractivity contribution < 1.29 is 15.0 Å². The van der Waals surface area contributed by atoms with Crippen molar-refractivity contribution >= 4 is 5.91 Å². The molecular formula is C11H12N2O3. The minimum absolute atomic E-state index is 0.117. The molecule has 0 radical (unpaired) electrons. The summed E-state index contributed by atoms with van der Waals surface area (Å²) in [6.07, 6.45) is 0.493. The third-order valence-corrected chi connectivity index (χ3v) is 2.03. The summed E-state index contributed by atoms with van der Waals surface area (Å²) in [4.78, 5) is 11.6. The molecule has 84 valence electrons. The monoisotopic (exact) mass is 220 g/mol. The third-order valence-electron chi connectivity index (χ3n) is 2.03. The van der Waals surface area contributed by atoms with E-state index in [4.69, 9.17) is 5.26 Å². The molecule has 1 amide bonds. The number of amides is 1. The second-order valence-corrected chi connectivity index (χ2v) is 3.30. The Hall–Kier alpha value is -2.22. The van der Waals surface area contributed by atoms with Crippen molar-refractivity contribution in [3.05, 3.63) is 23.8 Å². The molecule has 1 aromatic rings. The van der Waals surface area contributed by atoms with Gasteiger partial charge in [-0.3, -0.25) is 4.79 Å². The smallest absolute Gasteiger partial charge is 0.252 e. The normalized spacial score (nSPS) is 11.5. The highest BCUT2D eigenvalue weighted by Crippen LogP contribution is 2.20. The van der Waals surface area contributed by atoms with Gasteiger partial charge in [0.2, 0.25) is 0 Å². The summed E-state index contributed by atoms with van der Waals surface area (Å²) in [5, 5.41) is 29.5. The van der Waals surface area contributed by atoms with Gasteiger partial charge in [-0.2, -0.15) is 5.26 Å². The summed E-state index contributed by atoms with van der Waals surface area (Å²) >= 11 is 0. The van der Waals surface area contributed by atoms with Crippen LogP contribution in [0, 0.1) is 11.3 Å². The number of carbonyl (C=O) groups excluding carboxylic acids is 1. The standard InChI is InChI=1S/C11H12N2O3/c1-2-8(6-12)13-11(16)7-3-9(14)5-10(15)4-7/h3-5,8,14-15H,2H2,1H3,(H,13,16). The number of nitrogens with one attached hydrogen (secondary N) is 1. The van der Waals surface area contributed by atoms with E-state index in [1.54, 1.807) is 6.92 Å². The van der Waals surface area contributed by atoms with Crippen LogP contribution in [-0.2, 0) is 0 Å². The van der Waals surface area contributed by atoms with Crippen LogP contribution in [0.4, 0.5) is 0 Å². The number of nitriles is 1. The van der Waals surface area contributed by atoms with Gasteiger partial charge in [-0.15, -0.1) is 0 Å². The maximum atomic E-state index is 11.6. The number of nitrogens with zero attached hydrogens (tertiary/aromatic N) is 1. The minimum Gasteiger partial charge on any atom is -0.508 e. The molecule has 0 fully saturated rings. The van der Waals surface area contributed by atoms with Gasteiger partial charge in [0.15, 0.2) is 0 Å². The lowest BCUT2D eigenvalue weighted by atomic mass is 10.1. The Morgan fingerprint density at radius 2 is 2.00 bits per heavy atom. The van der Waals surface area contributed by atoms with Gasteiger partial charge in [-0.1, -0.05) is 6.92 Å². The van der Waals surface area contributed by atoms with Crippen LogP contribution >= 0.6 is 0 Å². The molecule has 1 unspecified atom stereocenters. The number of hydrogen-bond acceptors (Lipinski definition) is 4. The van der Waals surface area contributed by atoms with E-state index in [9.17, 15) is 15.0 Å². The molecule has 5 nitrogen and oxygen atoms in total. The van der Waals surface area contributed by atoms with E-state index >= 15 is 0 Å². The average molecular weight is 220 g/mol. The fraction of sp³-hybridized carbons (Fsp3) is 0.273. The molecule has 0 aliphatic carbocycles. The van der Waals surface area contributed by atoms with Gasteiger partial charge >= 0.3 is 0 Å². The van der Waals surface area contributed by atoms with Crippen LogP contribution < -0.4 is 5.32 Å². The van der Waals surface area contributed by atoms with E-state index < -0.39 is 11.9 Å².